The van der Waals surface area contributed by atoms with Crippen molar-refractivity contribution in [2.75, 3.05) is 19.6 Å². The van der Waals surface area contributed by atoms with Gasteiger partial charge in [-0.2, -0.15) is 0 Å². The molecule has 0 saturated heterocycles. The molecule has 0 spiro atoms. The average Bonchev–Trinajstić information content (AvgIpc) is 2.66. The Morgan fingerprint density at radius 3 is 1.65 bits per heavy atom. The summed E-state index contributed by atoms with van der Waals surface area (Å²) in [7, 11) is 0. The fourth-order valence-electron chi connectivity index (χ4n) is 2.81. The molecule has 150 valence electrons. The third-order valence-electron chi connectivity index (χ3n) is 4.49. The minimum Gasteiger partial charge on any atom is -0.330 e. The lowest BCUT2D eigenvalue weighted by Crippen LogP contribution is -2.16. The number of nitrogens with two attached hydrogens (primary N) is 1. The van der Waals surface area contributed by atoms with Gasteiger partial charge in [-0.3, -0.25) is 0 Å². The average molecular weight is 361 g/mol. The summed E-state index contributed by atoms with van der Waals surface area (Å²) in [6, 6.07) is 0. The van der Waals surface area contributed by atoms with Crippen molar-refractivity contribution in [3.63, 3.8) is 0 Å². The monoisotopic (exact) mass is 360 g/mol. The molecule has 0 fully saturated rings. The first kappa shape index (κ1) is 25.0. The topological polar surface area (TPSA) is 38.0 Å². The van der Waals surface area contributed by atoms with Crippen molar-refractivity contribution in [1.82, 2.24) is 5.32 Å². The van der Waals surface area contributed by atoms with Gasteiger partial charge in [0.25, 0.3) is 0 Å². The Morgan fingerprint density at radius 2 is 1.04 bits per heavy atom. The quantitative estimate of drug-likeness (QED) is 0.254. The molecule has 0 radical (unpaired) electrons. The van der Waals surface area contributed by atoms with Crippen molar-refractivity contribution >= 4 is 0 Å². The molecule has 0 aromatic heterocycles. The lowest BCUT2D eigenvalue weighted by atomic mass is 10.1. The van der Waals surface area contributed by atoms with Gasteiger partial charge in [0.2, 0.25) is 0 Å². The maximum Gasteiger partial charge on any atom is 0.0214 e. The normalized spacial score (nSPS) is 10.1. The Labute approximate surface area is 164 Å². The molecule has 2 nitrogen and oxygen atoms in total. The largest absolute Gasteiger partial charge is 0.330 e. The van der Waals surface area contributed by atoms with Gasteiger partial charge in [0.05, 0.1) is 0 Å². The lowest BCUT2D eigenvalue weighted by Gasteiger charge is -2.02. The van der Waals surface area contributed by atoms with Gasteiger partial charge < -0.3 is 11.1 Å². The van der Waals surface area contributed by atoms with Crippen molar-refractivity contribution in [2.24, 2.45) is 5.73 Å². The summed E-state index contributed by atoms with van der Waals surface area (Å²) in [5, 5.41) is 3.51. The molecule has 0 bridgehead atoms. The maximum absolute atomic E-state index is 5.44. The van der Waals surface area contributed by atoms with E-state index in [0.717, 1.165) is 51.7 Å². The molecule has 0 atom stereocenters. The highest BCUT2D eigenvalue weighted by Crippen LogP contribution is 2.06. The van der Waals surface area contributed by atoms with Crippen LogP contribution in [0.25, 0.3) is 0 Å². The summed E-state index contributed by atoms with van der Waals surface area (Å²) < 4.78 is 0. The lowest BCUT2D eigenvalue weighted by molar-refractivity contribution is 0.582. The minimum absolute atomic E-state index is 0.758. The summed E-state index contributed by atoms with van der Waals surface area (Å²) in [4.78, 5) is 0. The molecule has 0 aliphatic carbocycles. The Bertz CT molecular complexity index is 380. The molecule has 0 rings (SSSR count). The predicted molar refractivity (Wildman–Crippen MR) is 117 cm³/mol. The van der Waals surface area contributed by atoms with Crippen molar-refractivity contribution in [3.8, 4) is 23.7 Å². The number of rotatable bonds is 17. The Morgan fingerprint density at radius 1 is 0.538 bits per heavy atom. The van der Waals surface area contributed by atoms with E-state index < -0.39 is 0 Å². The molecule has 0 saturated carbocycles. The Balaban J connectivity index is 3.13. The molecule has 0 amide bonds. The molecule has 0 aliphatic rings. The van der Waals surface area contributed by atoms with E-state index in [1.165, 1.54) is 70.6 Å². The first-order valence-electron chi connectivity index (χ1n) is 11.2. The van der Waals surface area contributed by atoms with Crippen LogP contribution in [0.15, 0.2) is 0 Å². The van der Waals surface area contributed by atoms with E-state index >= 15 is 0 Å². The fourth-order valence-corrected chi connectivity index (χ4v) is 2.81. The Hall–Kier alpha value is -0.960. The molecule has 0 aromatic carbocycles. The maximum atomic E-state index is 5.44. The van der Waals surface area contributed by atoms with Crippen LogP contribution in [-0.4, -0.2) is 19.6 Å². The minimum atomic E-state index is 0.758. The van der Waals surface area contributed by atoms with Crippen LogP contribution in [0.4, 0.5) is 0 Å². The second kappa shape index (κ2) is 24.0. The molecule has 2 heteroatoms. The molecule has 26 heavy (non-hydrogen) atoms. The van der Waals surface area contributed by atoms with Gasteiger partial charge in [-0.05, 0) is 38.8 Å². The van der Waals surface area contributed by atoms with Crippen LogP contribution in [0.3, 0.4) is 0 Å². The SMILES string of the molecule is CCCCCCCCC#CCCNCCCCCCCC#CCCCN. The third kappa shape index (κ3) is 23.0. The van der Waals surface area contributed by atoms with Crippen LogP contribution in [-0.2, 0) is 0 Å². The van der Waals surface area contributed by atoms with Crippen molar-refractivity contribution in [2.45, 2.75) is 110 Å². The van der Waals surface area contributed by atoms with E-state index in [4.69, 9.17) is 5.73 Å². The number of unbranched alkanes of at least 4 members (excludes halogenated alkanes) is 12. The van der Waals surface area contributed by atoms with Gasteiger partial charge in [0, 0.05) is 32.2 Å². The van der Waals surface area contributed by atoms with E-state index in [9.17, 15) is 0 Å². The van der Waals surface area contributed by atoms with E-state index in [2.05, 4.69) is 35.9 Å². The van der Waals surface area contributed by atoms with Crippen molar-refractivity contribution in [3.05, 3.63) is 0 Å². The molecular formula is C24H44N2. The van der Waals surface area contributed by atoms with Gasteiger partial charge in [-0.25, -0.2) is 0 Å². The van der Waals surface area contributed by atoms with Crippen LogP contribution in [0, 0.1) is 23.7 Å². The van der Waals surface area contributed by atoms with E-state index in [1.54, 1.807) is 0 Å². The second-order valence-electron chi connectivity index (χ2n) is 7.13. The summed E-state index contributed by atoms with van der Waals surface area (Å²) >= 11 is 0. The van der Waals surface area contributed by atoms with Gasteiger partial charge in [0.1, 0.15) is 0 Å². The highest BCUT2D eigenvalue weighted by atomic mass is 14.8. The highest BCUT2D eigenvalue weighted by Gasteiger charge is 1.91. The van der Waals surface area contributed by atoms with E-state index in [1.807, 2.05) is 0 Å². The van der Waals surface area contributed by atoms with Crippen molar-refractivity contribution < 1.29 is 0 Å². The zero-order valence-corrected chi connectivity index (χ0v) is 17.5. The fraction of sp³-hybridized carbons (Fsp3) is 0.833. The van der Waals surface area contributed by atoms with Crippen molar-refractivity contribution in [1.29, 1.82) is 0 Å². The Kier molecular flexibility index (Phi) is 23.2. The van der Waals surface area contributed by atoms with Crippen LogP contribution >= 0.6 is 0 Å². The molecule has 3 N–H and O–H groups in total. The van der Waals surface area contributed by atoms with Crippen LogP contribution < -0.4 is 11.1 Å². The molecular weight excluding hydrogens is 316 g/mol. The predicted octanol–water partition coefficient (Wildman–Crippen LogP) is 5.80. The van der Waals surface area contributed by atoms with Gasteiger partial charge in [-0.15, -0.1) is 23.7 Å². The second-order valence-corrected chi connectivity index (χ2v) is 7.13. The smallest absolute Gasteiger partial charge is 0.0214 e. The van der Waals surface area contributed by atoms with Crippen LogP contribution in [0.1, 0.15) is 110 Å². The molecule has 0 aromatic rings. The molecule has 0 unspecified atom stereocenters. The number of hydrogen-bond donors (Lipinski definition) is 2. The van der Waals surface area contributed by atoms with Gasteiger partial charge >= 0.3 is 0 Å². The van der Waals surface area contributed by atoms with Crippen LogP contribution in [0.2, 0.25) is 0 Å². The zero-order chi connectivity index (χ0) is 19.0. The summed E-state index contributed by atoms with van der Waals surface area (Å²) in [6.07, 6.45) is 19.8. The molecule has 0 heterocycles. The van der Waals surface area contributed by atoms with E-state index in [0.29, 0.717) is 0 Å². The number of nitrogens with one attached hydrogen (secondary N) is 1. The summed E-state index contributed by atoms with van der Waals surface area (Å²) in [5.41, 5.74) is 5.44. The van der Waals surface area contributed by atoms with Gasteiger partial charge in [0.15, 0.2) is 0 Å². The highest BCUT2D eigenvalue weighted by molar-refractivity contribution is 4.99. The van der Waals surface area contributed by atoms with Gasteiger partial charge in [-0.1, -0.05) is 58.3 Å². The zero-order valence-electron chi connectivity index (χ0n) is 17.5. The number of hydrogen-bond acceptors (Lipinski definition) is 2. The standard InChI is InChI=1S/C24H44N2/c1-2-3-4-5-6-7-11-14-17-20-23-26-24-21-18-15-12-9-8-10-13-16-19-22-25/h26H,2-9,11-12,15-16,18-25H2,1H3. The first-order chi connectivity index (χ1) is 12.9. The third-order valence-corrected chi connectivity index (χ3v) is 4.49. The van der Waals surface area contributed by atoms with Crippen LogP contribution in [0.5, 0.6) is 0 Å². The molecule has 0 aliphatic heterocycles. The van der Waals surface area contributed by atoms with E-state index in [-0.39, 0.29) is 0 Å². The summed E-state index contributed by atoms with van der Waals surface area (Å²) in [5.74, 6) is 13.1. The first-order valence-corrected chi connectivity index (χ1v) is 11.2. The summed E-state index contributed by atoms with van der Waals surface area (Å²) in [6.45, 7) is 5.21.